The highest BCUT2D eigenvalue weighted by atomic mass is 16.5. The van der Waals surface area contributed by atoms with Crippen LogP contribution >= 0.6 is 0 Å². The molecule has 0 spiro atoms. The van der Waals surface area contributed by atoms with E-state index in [2.05, 4.69) is 50.4 Å². The first kappa shape index (κ1) is 14.5. The number of ether oxygens (including phenoxy) is 1. The molecule has 1 aromatic rings. The fourth-order valence-electron chi connectivity index (χ4n) is 2.34. The minimum Gasteiger partial charge on any atom is -0.369 e. The predicted octanol–water partition coefficient (Wildman–Crippen LogP) is 3.99. The smallest absolute Gasteiger partial charge is 0.0952 e. The fraction of sp³-hybridized carbons (Fsp3) is 0.647. The number of aryl methyl sites for hydroxylation is 1. The molecule has 1 fully saturated rings. The summed E-state index contributed by atoms with van der Waals surface area (Å²) >= 11 is 0. The van der Waals surface area contributed by atoms with E-state index >= 15 is 0 Å². The van der Waals surface area contributed by atoms with Crippen LogP contribution in [0.1, 0.15) is 56.8 Å². The Labute approximate surface area is 117 Å². The molecule has 0 heterocycles. The van der Waals surface area contributed by atoms with E-state index in [0.717, 1.165) is 19.0 Å². The number of benzene rings is 1. The van der Waals surface area contributed by atoms with Gasteiger partial charge in [0.2, 0.25) is 0 Å². The molecule has 1 N–H and O–H groups in total. The Morgan fingerprint density at radius 3 is 2.53 bits per heavy atom. The summed E-state index contributed by atoms with van der Waals surface area (Å²) in [6, 6.07) is 9.49. The molecule has 2 unspecified atom stereocenters. The average molecular weight is 261 g/mol. The molecule has 1 aliphatic rings. The molecule has 2 atom stereocenters. The van der Waals surface area contributed by atoms with E-state index in [1.165, 1.54) is 30.4 Å². The molecule has 2 nitrogen and oxygen atoms in total. The Balaban J connectivity index is 1.96. The first-order valence-electron chi connectivity index (χ1n) is 7.64. The molecular weight excluding hydrogens is 234 g/mol. The molecule has 1 aromatic carbocycles. The van der Waals surface area contributed by atoms with Gasteiger partial charge in [0.1, 0.15) is 0 Å². The maximum absolute atomic E-state index is 6.23. The van der Waals surface area contributed by atoms with Crippen LogP contribution < -0.4 is 5.32 Å². The highest BCUT2D eigenvalue weighted by molar-refractivity contribution is 5.23. The molecule has 2 heteroatoms. The lowest BCUT2D eigenvalue weighted by molar-refractivity contribution is -0.00740. The van der Waals surface area contributed by atoms with Crippen molar-refractivity contribution in [2.24, 2.45) is 0 Å². The highest BCUT2D eigenvalue weighted by Gasteiger charge is 2.23. The van der Waals surface area contributed by atoms with Crippen molar-refractivity contribution in [3.8, 4) is 0 Å². The summed E-state index contributed by atoms with van der Waals surface area (Å²) in [5.41, 5.74) is 2.60. The van der Waals surface area contributed by atoms with E-state index in [0.29, 0.717) is 6.10 Å². The van der Waals surface area contributed by atoms with Gasteiger partial charge in [-0.05, 0) is 38.7 Å². The topological polar surface area (TPSA) is 21.3 Å². The SMILES string of the molecule is CCCC(C)OC(CNC1CC1)c1ccc(C)cc1. The second-order valence-electron chi connectivity index (χ2n) is 5.82. The van der Waals surface area contributed by atoms with Crippen LogP contribution in [0.4, 0.5) is 0 Å². The number of rotatable bonds is 8. The van der Waals surface area contributed by atoms with Gasteiger partial charge >= 0.3 is 0 Å². The maximum atomic E-state index is 6.23. The second kappa shape index (κ2) is 7.06. The van der Waals surface area contributed by atoms with Crippen molar-refractivity contribution in [3.63, 3.8) is 0 Å². The third-order valence-corrected chi connectivity index (χ3v) is 3.71. The predicted molar refractivity (Wildman–Crippen MR) is 80.4 cm³/mol. The van der Waals surface area contributed by atoms with Crippen LogP contribution in [0.3, 0.4) is 0 Å². The molecule has 2 rings (SSSR count). The Morgan fingerprint density at radius 2 is 1.95 bits per heavy atom. The standard InChI is InChI=1S/C17H27NO/c1-4-5-14(3)19-17(12-18-16-10-11-16)15-8-6-13(2)7-9-15/h6-9,14,16-18H,4-5,10-12H2,1-3H3. The Bertz CT molecular complexity index is 369. The average Bonchev–Trinajstić information content (AvgIpc) is 3.20. The number of hydrogen-bond donors (Lipinski definition) is 1. The van der Waals surface area contributed by atoms with Gasteiger partial charge in [-0.1, -0.05) is 43.2 Å². The summed E-state index contributed by atoms with van der Waals surface area (Å²) < 4.78 is 6.23. The first-order chi connectivity index (χ1) is 9.19. The summed E-state index contributed by atoms with van der Waals surface area (Å²) in [6.45, 7) is 7.45. The van der Waals surface area contributed by atoms with E-state index in [-0.39, 0.29) is 6.10 Å². The molecule has 19 heavy (non-hydrogen) atoms. The summed E-state index contributed by atoms with van der Waals surface area (Å²) in [6.07, 6.45) is 5.47. The summed E-state index contributed by atoms with van der Waals surface area (Å²) in [5.74, 6) is 0. The second-order valence-corrected chi connectivity index (χ2v) is 5.82. The van der Waals surface area contributed by atoms with Crippen LogP contribution in [0, 0.1) is 6.92 Å². The van der Waals surface area contributed by atoms with Crippen LogP contribution in [0.5, 0.6) is 0 Å². The highest BCUT2D eigenvalue weighted by Crippen LogP contribution is 2.24. The molecule has 0 aliphatic heterocycles. The van der Waals surface area contributed by atoms with E-state index in [1.807, 2.05) is 0 Å². The molecule has 0 aromatic heterocycles. The third-order valence-electron chi connectivity index (χ3n) is 3.71. The zero-order valence-corrected chi connectivity index (χ0v) is 12.5. The van der Waals surface area contributed by atoms with Crippen molar-refractivity contribution in [2.45, 2.75) is 64.7 Å². The summed E-state index contributed by atoms with van der Waals surface area (Å²) in [7, 11) is 0. The van der Waals surface area contributed by atoms with Crippen LogP contribution in [0.2, 0.25) is 0 Å². The van der Waals surface area contributed by atoms with Crippen LogP contribution in [0.25, 0.3) is 0 Å². The minimum atomic E-state index is 0.183. The summed E-state index contributed by atoms with van der Waals surface area (Å²) in [4.78, 5) is 0. The quantitative estimate of drug-likeness (QED) is 0.764. The summed E-state index contributed by atoms with van der Waals surface area (Å²) in [5, 5.41) is 3.59. The number of nitrogens with one attached hydrogen (secondary N) is 1. The molecular formula is C17H27NO. The van der Waals surface area contributed by atoms with Crippen molar-refractivity contribution in [3.05, 3.63) is 35.4 Å². The lowest BCUT2D eigenvalue weighted by Gasteiger charge is -2.23. The van der Waals surface area contributed by atoms with Gasteiger partial charge < -0.3 is 10.1 Å². The van der Waals surface area contributed by atoms with E-state index in [9.17, 15) is 0 Å². The van der Waals surface area contributed by atoms with Gasteiger partial charge in [-0.2, -0.15) is 0 Å². The maximum Gasteiger partial charge on any atom is 0.0952 e. The zero-order chi connectivity index (χ0) is 13.7. The van der Waals surface area contributed by atoms with Crippen molar-refractivity contribution in [1.82, 2.24) is 5.32 Å². The third kappa shape index (κ3) is 4.96. The van der Waals surface area contributed by atoms with Crippen molar-refractivity contribution in [2.75, 3.05) is 6.54 Å². The Kier molecular flexibility index (Phi) is 5.41. The van der Waals surface area contributed by atoms with Crippen molar-refractivity contribution < 1.29 is 4.74 Å². The minimum absolute atomic E-state index is 0.183. The van der Waals surface area contributed by atoms with Crippen molar-refractivity contribution in [1.29, 1.82) is 0 Å². The van der Waals surface area contributed by atoms with Gasteiger partial charge in [0, 0.05) is 12.6 Å². The van der Waals surface area contributed by atoms with E-state index in [1.54, 1.807) is 0 Å². The van der Waals surface area contributed by atoms with Crippen LogP contribution in [-0.2, 0) is 4.74 Å². The van der Waals surface area contributed by atoms with Gasteiger partial charge in [-0.3, -0.25) is 0 Å². The number of hydrogen-bond acceptors (Lipinski definition) is 2. The van der Waals surface area contributed by atoms with Crippen molar-refractivity contribution >= 4 is 0 Å². The van der Waals surface area contributed by atoms with Crippen LogP contribution in [0.15, 0.2) is 24.3 Å². The van der Waals surface area contributed by atoms with E-state index < -0.39 is 0 Å². The lowest BCUT2D eigenvalue weighted by Crippen LogP contribution is -2.27. The molecule has 1 saturated carbocycles. The molecule has 0 saturated heterocycles. The first-order valence-corrected chi connectivity index (χ1v) is 7.64. The lowest BCUT2D eigenvalue weighted by atomic mass is 10.1. The molecule has 0 bridgehead atoms. The van der Waals surface area contributed by atoms with Gasteiger partial charge in [-0.15, -0.1) is 0 Å². The van der Waals surface area contributed by atoms with Gasteiger partial charge in [-0.25, -0.2) is 0 Å². The molecule has 106 valence electrons. The Morgan fingerprint density at radius 1 is 1.26 bits per heavy atom. The van der Waals surface area contributed by atoms with Gasteiger partial charge in [0.25, 0.3) is 0 Å². The monoisotopic (exact) mass is 261 g/mol. The molecule has 1 aliphatic carbocycles. The zero-order valence-electron chi connectivity index (χ0n) is 12.5. The largest absolute Gasteiger partial charge is 0.369 e. The Hall–Kier alpha value is -0.860. The van der Waals surface area contributed by atoms with Gasteiger partial charge in [0.15, 0.2) is 0 Å². The van der Waals surface area contributed by atoms with Crippen LogP contribution in [-0.4, -0.2) is 18.7 Å². The normalized spacial score (nSPS) is 18.3. The van der Waals surface area contributed by atoms with E-state index in [4.69, 9.17) is 4.74 Å². The fourth-order valence-corrected chi connectivity index (χ4v) is 2.34. The molecule has 0 radical (unpaired) electrons. The molecule has 0 amide bonds. The van der Waals surface area contributed by atoms with Gasteiger partial charge in [0.05, 0.1) is 12.2 Å².